The monoisotopic (exact) mass is 280 g/mol. The van der Waals surface area contributed by atoms with Crippen molar-refractivity contribution in [3.05, 3.63) is 35.9 Å². The summed E-state index contributed by atoms with van der Waals surface area (Å²) in [6, 6.07) is 10.1. The average molecular weight is 281 g/mol. The van der Waals surface area contributed by atoms with Crippen molar-refractivity contribution in [3.8, 4) is 0 Å². The van der Waals surface area contributed by atoms with Crippen molar-refractivity contribution in [1.82, 2.24) is 5.48 Å². The number of benzene rings is 1. The van der Waals surface area contributed by atoms with E-state index in [-0.39, 0.29) is 24.8 Å². The van der Waals surface area contributed by atoms with Crippen molar-refractivity contribution in [2.24, 2.45) is 5.73 Å². The highest BCUT2D eigenvalue weighted by Crippen LogP contribution is 1.99. The molecule has 0 saturated carbocycles. The summed E-state index contributed by atoms with van der Waals surface area (Å²) in [6.07, 6.45) is 3.38. The Balaban J connectivity index is 0. The molecule has 0 unspecified atom stereocenters. The van der Waals surface area contributed by atoms with Gasteiger partial charge in [-0.05, 0) is 24.9 Å². The minimum atomic E-state index is 0. The maximum Gasteiger partial charge on any atom is 0.0933 e. The molecule has 3 nitrogen and oxygen atoms in total. The van der Waals surface area contributed by atoms with Crippen molar-refractivity contribution in [1.29, 1.82) is 0 Å². The van der Waals surface area contributed by atoms with Gasteiger partial charge in [0.2, 0.25) is 0 Å². The molecule has 5 heteroatoms. The first-order valence-electron chi connectivity index (χ1n) is 5.52. The summed E-state index contributed by atoms with van der Waals surface area (Å²) in [5, 5.41) is 0. The van der Waals surface area contributed by atoms with Crippen LogP contribution in [0.4, 0.5) is 0 Å². The number of nitrogens with two attached hydrogens (primary N) is 1. The molecule has 17 heavy (non-hydrogen) atoms. The van der Waals surface area contributed by atoms with Gasteiger partial charge in [-0.25, -0.2) is 5.48 Å². The Morgan fingerprint density at radius 3 is 2.35 bits per heavy atom. The normalized spacial score (nSPS) is 9.24. The second-order valence-corrected chi connectivity index (χ2v) is 3.52. The lowest BCUT2D eigenvalue weighted by molar-refractivity contribution is 0.0273. The predicted molar refractivity (Wildman–Crippen MR) is 76.6 cm³/mol. The van der Waals surface area contributed by atoms with Gasteiger partial charge in [0.15, 0.2) is 0 Å². The Labute approximate surface area is 116 Å². The molecular formula is C12H22Cl2N2O. The zero-order chi connectivity index (χ0) is 10.8. The maximum absolute atomic E-state index is 5.39. The number of hydroxylamine groups is 1. The zero-order valence-electron chi connectivity index (χ0n) is 9.93. The van der Waals surface area contributed by atoms with Gasteiger partial charge in [0.05, 0.1) is 6.61 Å². The third-order valence-corrected chi connectivity index (χ3v) is 2.17. The van der Waals surface area contributed by atoms with E-state index in [1.165, 1.54) is 5.56 Å². The van der Waals surface area contributed by atoms with E-state index < -0.39 is 0 Å². The van der Waals surface area contributed by atoms with Gasteiger partial charge in [0, 0.05) is 6.54 Å². The SMILES string of the molecule is Cl.Cl.NCCCCCNOCc1ccccc1. The van der Waals surface area contributed by atoms with E-state index in [1.54, 1.807) is 0 Å². The molecule has 0 aliphatic heterocycles. The fourth-order valence-corrected chi connectivity index (χ4v) is 1.30. The number of nitrogens with one attached hydrogen (secondary N) is 1. The Hall–Kier alpha value is -0.320. The first-order valence-corrected chi connectivity index (χ1v) is 5.52. The minimum Gasteiger partial charge on any atom is -0.330 e. The number of unbranched alkanes of at least 4 members (excludes halogenated alkanes) is 2. The smallest absolute Gasteiger partial charge is 0.0933 e. The maximum atomic E-state index is 5.39. The molecule has 3 N–H and O–H groups in total. The van der Waals surface area contributed by atoms with E-state index in [4.69, 9.17) is 10.6 Å². The number of rotatable bonds is 8. The first-order chi connectivity index (χ1) is 7.43. The molecule has 0 radical (unpaired) electrons. The van der Waals surface area contributed by atoms with Crippen LogP contribution in [0.15, 0.2) is 30.3 Å². The first kappa shape index (κ1) is 19.0. The molecule has 0 spiro atoms. The van der Waals surface area contributed by atoms with Gasteiger partial charge in [-0.15, -0.1) is 24.8 Å². The van der Waals surface area contributed by atoms with E-state index in [1.807, 2.05) is 18.2 Å². The summed E-state index contributed by atoms with van der Waals surface area (Å²) < 4.78 is 0. The summed E-state index contributed by atoms with van der Waals surface area (Å²) in [4.78, 5) is 5.32. The summed E-state index contributed by atoms with van der Waals surface area (Å²) in [7, 11) is 0. The van der Waals surface area contributed by atoms with Crippen molar-refractivity contribution in [2.75, 3.05) is 13.1 Å². The van der Waals surface area contributed by atoms with E-state index >= 15 is 0 Å². The van der Waals surface area contributed by atoms with Gasteiger partial charge in [-0.1, -0.05) is 36.8 Å². The van der Waals surface area contributed by atoms with Crippen LogP contribution in [-0.2, 0) is 11.4 Å². The van der Waals surface area contributed by atoms with Crippen LogP contribution in [0.3, 0.4) is 0 Å². The molecule has 0 atom stereocenters. The van der Waals surface area contributed by atoms with Gasteiger partial charge in [-0.2, -0.15) is 0 Å². The van der Waals surface area contributed by atoms with E-state index in [0.29, 0.717) is 6.61 Å². The predicted octanol–water partition coefficient (Wildman–Crippen LogP) is 2.68. The lowest BCUT2D eigenvalue weighted by Crippen LogP contribution is -2.16. The molecule has 1 rings (SSSR count). The third kappa shape index (κ3) is 10.5. The highest BCUT2D eigenvalue weighted by atomic mass is 35.5. The van der Waals surface area contributed by atoms with E-state index in [2.05, 4.69) is 17.6 Å². The van der Waals surface area contributed by atoms with Gasteiger partial charge < -0.3 is 5.73 Å². The van der Waals surface area contributed by atoms with Crippen molar-refractivity contribution < 1.29 is 4.84 Å². The topological polar surface area (TPSA) is 47.3 Å². The number of hydrogen-bond acceptors (Lipinski definition) is 3. The summed E-state index contributed by atoms with van der Waals surface area (Å²) in [6.45, 7) is 2.30. The second-order valence-electron chi connectivity index (χ2n) is 3.52. The summed E-state index contributed by atoms with van der Waals surface area (Å²) in [5.41, 5.74) is 9.53. The Morgan fingerprint density at radius 1 is 1.00 bits per heavy atom. The largest absolute Gasteiger partial charge is 0.330 e. The van der Waals surface area contributed by atoms with E-state index in [9.17, 15) is 0 Å². The van der Waals surface area contributed by atoms with Crippen molar-refractivity contribution in [2.45, 2.75) is 25.9 Å². The summed E-state index contributed by atoms with van der Waals surface area (Å²) in [5.74, 6) is 0. The lowest BCUT2D eigenvalue weighted by atomic mass is 10.2. The molecule has 0 aromatic heterocycles. The number of hydrogen-bond donors (Lipinski definition) is 2. The van der Waals surface area contributed by atoms with Gasteiger partial charge in [0.25, 0.3) is 0 Å². The highest BCUT2D eigenvalue weighted by molar-refractivity contribution is 5.85. The zero-order valence-corrected chi connectivity index (χ0v) is 11.6. The minimum absolute atomic E-state index is 0. The van der Waals surface area contributed by atoms with Gasteiger partial charge in [-0.3, -0.25) is 4.84 Å². The fourth-order valence-electron chi connectivity index (χ4n) is 1.30. The van der Waals surface area contributed by atoms with Crippen LogP contribution in [0.25, 0.3) is 0 Å². The molecule has 0 bridgehead atoms. The molecule has 0 saturated heterocycles. The molecule has 0 fully saturated rings. The second kappa shape index (κ2) is 13.7. The Bertz CT molecular complexity index is 248. The standard InChI is InChI=1S/C12H20N2O.2ClH/c13-9-5-2-6-10-14-15-11-12-7-3-1-4-8-12;;/h1,3-4,7-8,14H,2,5-6,9-11,13H2;2*1H. The Kier molecular flexibility index (Phi) is 15.4. The van der Waals surface area contributed by atoms with Crippen LogP contribution in [0, 0.1) is 0 Å². The molecule has 0 heterocycles. The van der Waals surface area contributed by atoms with Crippen LogP contribution >= 0.6 is 24.8 Å². The molecule has 0 aliphatic carbocycles. The lowest BCUT2D eigenvalue weighted by Gasteiger charge is -2.05. The molecule has 1 aromatic carbocycles. The molecule has 0 amide bonds. The van der Waals surface area contributed by atoms with Gasteiger partial charge >= 0.3 is 0 Å². The number of halogens is 2. The van der Waals surface area contributed by atoms with Crippen LogP contribution < -0.4 is 11.2 Å². The van der Waals surface area contributed by atoms with Crippen LogP contribution in [0.2, 0.25) is 0 Å². The quantitative estimate of drug-likeness (QED) is 0.569. The third-order valence-electron chi connectivity index (χ3n) is 2.17. The van der Waals surface area contributed by atoms with E-state index in [0.717, 1.165) is 32.4 Å². The van der Waals surface area contributed by atoms with Gasteiger partial charge in [0.1, 0.15) is 0 Å². The molecule has 100 valence electrons. The van der Waals surface area contributed by atoms with Crippen molar-refractivity contribution >= 4 is 24.8 Å². The molecular weight excluding hydrogens is 259 g/mol. The highest BCUT2D eigenvalue weighted by Gasteiger charge is 1.91. The average Bonchev–Trinajstić information content (AvgIpc) is 2.29. The molecule has 0 aliphatic rings. The summed E-state index contributed by atoms with van der Waals surface area (Å²) >= 11 is 0. The van der Waals surface area contributed by atoms with Crippen LogP contribution in [-0.4, -0.2) is 13.1 Å². The fraction of sp³-hybridized carbons (Fsp3) is 0.500. The molecule has 1 aromatic rings. The van der Waals surface area contributed by atoms with Crippen LogP contribution in [0.5, 0.6) is 0 Å². The van der Waals surface area contributed by atoms with Crippen molar-refractivity contribution in [3.63, 3.8) is 0 Å². The Morgan fingerprint density at radius 2 is 1.71 bits per heavy atom. The van der Waals surface area contributed by atoms with Crippen LogP contribution in [0.1, 0.15) is 24.8 Å².